The van der Waals surface area contributed by atoms with Crippen molar-refractivity contribution in [3.63, 3.8) is 0 Å². The topological polar surface area (TPSA) is 55.1 Å². The molecule has 13 heavy (non-hydrogen) atoms. The lowest BCUT2D eigenvalue weighted by Crippen LogP contribution is -2.07. The van der Waals surface area contributed by atoms with Crippen molar-refractivity contribution in [3.05, 3.63) is 22.7 Å². The van der Waals surface area contributed by atoms with Gasteiger partial charge in [-0.2, -0.15) is 0 Å². The predicted molar refractivity (Wildman–Crippen MR) is 54.9 cm³/mol. The molecule has 0 spiro atoms. The smallest absolute Gasteiger partial charge is 0.221 e. The normalized spacial score (nSPS) is 9.77. The summed E-state index contributed by atoms with van der Waals surface area (Å²) in [4.78, 5) is 10.8. The molecule has 0 bridgehead atoms. The first-order valence-corrected chi connectivity index (χ1v) is 4.21. The van der Waals surface area contributed by atoms with E-state index in [1.165, 1.54) is 6.92 Å². The molecule has 0 fully saturated rings. The highest BCUT2D eigenvalue weighted by Gasteiger charge is 2.04. The Bertz CT molecular complexity index is 350. The molecule has 3 nitrogen and oxygen atoms in total. The van der Waals surface area contributed by atoms with E-state index in [-0.39, 0.29) is 5.91 Å². The summed E-state index contributed by atoms with van der Waals surface area (Å²) in [5.41, 5.74) is 7.73. The van der Waals surface area contributed by atoms with Gasteiger partial charge in [0.15, 0.2) is 0 Å². The standard InChI is InChI=1S/C9H11ClN2O/c1-5-3-7(10)9(4-8(5)11)12-6(2)13/h3-4H,11H2,1-2H3,(H,12,13). The van der Waals surface area contributed by atoms with Crippen molar-refractivity contribution in [2.45, 2.75) is 13.8 Å². The van der Waals surface area contributed by atoms with Crippen LogP contribution >= 0.6 is 11.6 Å². The van der Waals surface area contributed by atoms with E-state index in [9.17, 15) is 4.79 Å². The van der Waals surface area contributed by atoms with Gasteiger partial charge in [-0.25, -0.2) is 0 Å². The Morgan fingerprint density at radius 3 is 2.69 bits per heavy atom. The maximum atomic E-state index is 10.8. The average Bonchev–Trinajstić information content (AvgIpc) is 1.99. The Labute approximate surface area is 81.9 Å². The van der Waals surface area contributed by atoms with Crippen LogP contribution in [0, 0.1) is 6.92 Å². The SMILES string of the molecule is CC(=O)Nc1cc(N)c(C)cc1Cl. The van der Waals surface area contributed by atoms with Crippen molar-refractivity contribution in [1.29, 1.82) is 0 Å². The highest BCUT2D eigenvalue weighted by atomic mass is 35.5. The molecule has 4 heteroatoms. The van der Waals surface area contributed by atoms with Gasteiger partial charge < -0.3 is 11.1 Å². The number of carbonyl (C=O) groups is 1. The number of benzene rings is 1. The molecule has 1 aromatic carbocycles. The van der Waals surface area contributed by atoms with Crippen LogP contribution in [0.15, 0.2) is 12.1 Å². The number of halogens is 1. The lowest BCUT2D eigenvalue weighted by molar-refractivity contribution is -0.114. The third-order valence-corrected chi connectivity index (χ3v) is 1.98. The fourth-order valence-electron chi connectivity index (χ4n) is 0.975. The largest absolute Gasteiger partial charge is 0.398 e. The minimum absolute atomic E-state index is 0.162. The number of nitrogens with one attached hydrogen (secondary N) is 1. The fraction of sp³-hybridized carbons (Fsp3) is 0.222. The van der Waals surface area contributed by atoms with Crippen LogP contribution in [0.4, 0.5) is 11.4 Å². The molecule has 1 amide bonds. The Kier molecular flexibility index (Phi) is 2.78. The Morgan fingerprint density at radius 2 is 2.15 bits per heavy atom. The van der Waals surface area contributed by atoms with Gasteiger partial charge in [0.25, 0.3) is 0 Å². The molecule has 0 unspecified atom stereocenters. The van der Waals surface area contributed by atoms with Gasteiger partial charge in [0.1, 0.15) is 0 Å². The molecule has 0 aromatic heterocycles. The highest BCUT2D eigenvalue weighted by molar-refractivity contribution is 6.33. The Morgan fingerprint density at radius 1 is 1.54 bits per heavy atom. The van der Waals surface area contributed by atoms with Gasteiger partial charge >= 0.3 is 0 Å². The molecule has 0 radical (unpaired) electrons. The second kappa shape index (κ2) is 3.66. The zero-order valence-electron chi connectivity index (χ0n) is 7.52. The number of carbonyl (C=O) groups excluding carboxylic acids is 1. The number of amides is 1. The average molecular weight is 199 g/mol. The summed E-state index contributed by atoms with van der Waals surface area (Å²) >= 11 is 5.88. The number of hydrogen-bond acceptors (Lipinski definition) is 2. The summed E-state index contributed by atoms with van der Waals surface area (Å²) in [6, 6.07) is 3.38. The first kappa shape index (κ1) is 9.86. The van der Waals surface area contributed by atoms with E-state index in [1.54, 1.807) is 12.1 Å². The van der Waals surface area contributed by atoms with E-state index in [1.807, 2.05) is 6.92 Å². The minimum Gasteiger partial charge on any atom is -0.398 e. The van der Waals surface area contributed by atoms with Crippen molar-refractivity contribution in [3.8, 4) is 0 Å². The lowest BCUT2D eigenvalue weighted by Gasteiger charge is -2.07. The summed E-state index contributed by atoms with van der Waals surface area (Å²) in [7, 11) is 0. The second-order valence-corrected chi connectivity index (χ2v) is 3.28. The summed E-state index contributed by atoms with van der Waals surface area (Å²) in [5.74, 6) is -0.162. The molecular weight excluding hydrogens is 188 g/mol. The molecule has 0 saturated carbocycles. The van der Waals surface area contributed by atoms with Crippen molar-refractivity contribution in [2.75, 3.05) is 11.1 Å². The zero-order chi connectivity index (χ0) is 10.0. The van der Waals surface area contributed by atoms with Crippen molar-refractivity contribution in [2.24, 2.45) is 0 Å². The Hall–Kier alpha value is -1.22. The monoisotopic (exact) mass is 198 g/mol. The summed E-state index contributed by atoms with van der Waals surface area (Å²) in [5, 5.41) is 3.09. The fourth-order valence-corrected chi connectivity index (χ4v) is 1.24. The first-order valence-electron chi connectivity index (χ1n) is 3.84. The zero-order valence-corrected chi connectivity index (χ0v) is 8.27. The third-order valence-electron chi connectivity index (χ3n) is 1.67. The molecule has 3 N–H and O–H groups in total. The maximum Gasteiger partial charge on any atom is 0.221 e. The molecule has 0 aliphatic heterocycles. The van der Waals surface area contributed by atoms with E-state index in [0.717, 1.165) is 5.56 Å². The minimum atomic E-state index is -0.162. The maximum absolute atomic E-state index is 10.8. The van der Waals surface area contributed by atoms with Crippen LogP contribution < -0.4 is 11.1 Å². The predicted octanol–water partition coefficient (Wildman–Crippen LogP) is 2.19. The molecule has 1 aromatic rings. The van der Waals surface area contributed by atoms with Crippen LogP contribution in [0.2, 0.25) is 5.02 Å². The quantitative estimate of drug-likeness (QED) is 0.680. The van der Waals surface area contributed by atoms with Crippen molar-refractivity contribution < 1.29 is 4.79 Å². The van der Waals surface area contributed by atoms with Crippen LogP contribution in [0.1, 0.15) is 12.5 Å². The van der Waals surface area contributed by atoms with E-state index < -0.39 is 0 Å². The highest BCUT2D eigenvalue weighted by Crippen LogP contribution is 2.27. The summed E-state index contributed by atoms with van der Waals surface area (Å²) in [6.07, 6.45) is 0. The van der Waals surface area contributed by atoms with Gasteiger partial charge in [0.05, 0.1) is 10.7 Å². The molecular formula is C9H11ClN2O. The van der Waals surface area contributed by atoms with Crippen LogP contribution in [-0.4, -0.2) is 5.91 Å². The van der Waals surface area contributed by atoms with E-state index in [0.29, 0.717) is 16.4 Å². The second-order valence-electron chi connectivity index (χ2n) is 2.87. The number of hydrogen-bond donors (Lipinski definition) is 2. The van der Waals surface area contributed by atoms with Gasteiger partial charge in [-0.1, -0.05) is 11.6 Å². The molecule has 0 atom stereocenters. The van der Waals surface area contributed by atoms with Crippen molar-refractivity contribution >= 4 is 28.9 Å². The number of anilines is 2. The van der Waals surface area contributed by atoms with Crippen LogP contribution in [0.25, 0.3) is 0 Å². The summed E-state index contributed by atoms with van der Waals surface area (Å²) < 4.78 is 0. The molecule has 70 valence electrons. The van der Waals surface area contributed by atoms with Gasteiger partial charge in [0, 0.05) is 12.6 Å². The molecule has 0 heterocycles. The van der Waals surface area contributed by atoms with Crippen molar-refractivity contribution in [1.82, 2.24) is 0 Å². The number of nitrogen functional groups attached to an aromatic ring is 1. The third kappa shape index (κ3) is 2.36. The van der Waals surface area contributed by atoms with E-state index >= 15 is 0 Å². The van der Waals surface area contributed by atoms with Gasteiger partial charge in [-0.15, -0.1) is 0 Å². The number of nitrogens with two attached hydrogens (primary N) is 1. The Balaban J connectivity index is 3.08. The van der Waals surface area contributed by atoms with Crippen LogP contribution in [0.5, 0.6) is 0 Å². The molecule has 0 aliphatic carbocycles. The van der Waals surface area contributed by atoms with Crippen LogP contribution in [0.3, 0.4) is 0 Å². The van der Waals surface area contributed by atoms with Gasteiger partial charge in [0.2, 0.25) is 5.91 Å². The molecule has 0 aliphatic rings. The first-order chi connectivity index (χ1) is 6.00. The van der Waals surface area contributed by atoms with Gasteiger partial charge in [-0.05, 0) is 24.6 Å². The van der Waals surface area contributed by atoms with E-state index in [2.05, 4.69) is 5.32 Å². The number of aryl methyl sites for hydroxylation is 1. The number of rotatable bonds is 1. The summed E-state index contributed by atoms with van der Waals surface area (Å²) in [6.45, 7) is 3.28. The van der Waals surface area contributed by atoms with E-state index in [4.69, 9.17) is 17.3 Å². The lowest BCUT2D eigenvalue weighted by atomic mass is 10.2. The molecule has 1 rings (SSSR count). The molecule has 0 saturated heterocycles. The van der Waals surface area contributed by atoms with Crippen LogP contribution in [-0.2, 0) is 4.79 Å². The van der Waals surface area contributed by atoms with Gasteiger partial charge in [-0.3, -0.25) is 4.79 Å².